The fourth-order valence-electron chi connectivity index (χ4n) is 3.08. The van der Waals surface area contributed by atoms with Gasteiger partial charge in [0.25, 0.3) is 0 Å². The van der Waals surface area contributed by atoms with Crippen LogP contribution in [0.5, 0.6) is 0 Å². The average Bonchev–Trinajstić information content (AvgIpc) is 3.30. The van der Waals surface area contributed by atoms with E-state index in [0.717, 1.165) is 11.4 Å². The molecular weight excluding hydrogens is 402 g/mol. The third-order valence-electron chi connectivity index (χ3n) is 4.85. The van der Waals surface area contributed by atoms with Crippen molar-refractivity contribution in [3.63, 3.8) is 0 Å². The van der Waals surface area contributed by atoms with Gasteiger partial charge in [0, 0.05) is 35.5 Å². The summed E-state index contributed by atoms with van der Waals surface area (Å²) in [6.07, 6.45) is 6.68. The van der Waals surface area contributed by atoms with Gasteiger partial charge in [0.05, 0.1) is 0 Å². The Balaban J connectivity index is 1.35. The summed E-state index contributed by atoms with van der Waals surface area (Å²) in [6, 6.07) is 16.8. The van der Waals surface area contributed by atoms with Crippen LogP contribution in [-0.2, 0) is 5.41 Å². The van der Waals surface area contributed by atoms with E-state index >= 15 is 0 Å². The predicted octanol–water partition coefficient (Wildman–Crippen LogP) is 5.35. The molecule has 8 heteroatoms. The van der Waals surface area contributed by atoms with Crippen molar-refractivity contribution in [2.75, 3.05) is 16.0 Å². The van der Waals surface area contributed by atoms with Gasteiger partial charge in [-0.05, 0) is 47.4 Å². The number of nitrogens with zero attached hydrogens (tertiary/aromatic N) is 4. The summed E-state index contributed by atoms with van der Waals surface area (Å²) in [7, 11) is 0. The molecule has 4 rings (SSSR count). The summed E-state index contributed by atoms with van der Waals surface area (Å²) in [4.78, 5) is 24.8. The summed E-state index contributed by atoms with van der Waals surface area (Å²) in [6.45, 7) is 6.47. The van der Waals surface area contributed by atoms with Crippen molar-refractivity contribution in [2.24, 2.45) is 0 Å². The molecule has 32 heavy (non-hydrogen) atoms. The first-order valence-electron chi connectivity index (χ1n) is 10.2. The fraction of sp³-hybridized carbons (Fsp3) is 0.167. The Morgan fingerprint density at radius 2 is 1.50 bits per heavy atom. The quantitative estimate of drug-likeness (QED) is 0.399. The molecule has 0 aliphatic carbocycles. The maximum absolute atomic E-state index is 12.3. The lowest BCUT2D eigenvalue weighted by molar-refractivity contribution is 0.262. The lowest BCUT2D eigenvalue weighted by atomic mass is 9.87. The largest absolute Gasteiger partial charge is 0.340 e. The number of carbonyl (C=O) groups is 1. The van der Waals surface area contributed by atoms with Gasteiger partial charge in [-0.3, -0.25) is 4.57 Å². The molecule has 0 bridgehead atoms. The Kier molecular flexibility index (Phi) is 5.85. The number of carbonyl (C=O) groups excluding carboxylic acids is 1. The minimum absolute atomic E-state index is 0.0728. The van der Waals surface area contributed by atoms with Crippen molar-refractivity contribution in [1.29, 1.82) is 0 Å². The number of benzene rings is 2. The van der Waals surface area contributed by atoms with Crippen molar-refractivity contribution in [2.45, 2.75) is 26.2 Å². The van der Waals surface area contributed by atoms with Crippen molar-refractivity contribution >= 4 is 28.9 Å². The highest BCUT2D eigenvalue weighted by atomic mass is 16.2. The number of aromatic nitrogens is 4. The van der Waals surface area contributed by atoms with Crippen LogP contribution in [0.1, 0.15) is 26.3 Å². The van der Waals surface area contributed by atoms with Gasteiger partial charge in [0.2, 0.25) is 0 Å². The molecule has 0 radical (unpaired) electrons. The molecule has 2 aromatic carbocycles. The van der Waals surface area contributed by atoms with Gasteiger partial charge in [0.1, 0.15) is 24.3 Å². The minimum atomic E-state index is -0.296. The standard InChI is InChI=1S/C24H25N7O/c1-24(2,3)17-4-6-19(7-5-17)29-23(32)30-20-10-8-18(9-11-20)28-21-14-22(27-15-26-21)31-13-12-25-16-31/h4-16H,1-3H3,(H,26,27,28)(H2,29,30,32). The Labute approximate surface area is 186 Å². The van der Waals surface area contributed by atoms with E-state index in [2.05, 4.69) is 51.7 Å². The first kappa shape index (κ1) is 21.0. The Bertz CT molecular complexity index is 1180. The van der Waals surface area contributed by atoms with Crippen LogP contribution in [0, 0.1) is 0 Å². The normalized spacial score (nSPS) is 11.1. The third-order valence-corrected chi connectivity index (χ3v) is 4.85. The molecule has 0 unspecified atom stereocenters. The second-order valence-electron chi connectivity index (χ2n) is 8.34. The highest BCUT2D eigenvalue weighted by Gasteiger charge is 2.13. The smallest absolute Gasteiger partial charge is 0.323 e. The molecule has 8 nitrogen and oxygen atoms in total. The van der Waals surface area contributed by atoms with E-state index in [1.54, 1.807) is 17.1 Å². The number of anilines is 4. The van der Waals surface area contributed by atoms with E-state index in [-0.39, 0.29) is 11.4 Å². The SMILES string of the molecule is CC(C)(C)c1ccc(NC(=O)Nc2ccc(Nc3cc(-n4ccnc4)ncn3)cc2)cc1. The van der Waals surface area contributed by atoms with E-state index in [9.17, 15) is 4.79 Å². The van der Waals surface area contributed by atoms with Crippen LogP contribution in [0.3, 0.4) is 0 Å². The summed E-state index contributed by atoms with van der Waals surface area (Å²) in [5.74, 6) is 1.37. The summed E-state index contributed by atoms with van der Waals surface area (Å²) >= 11 is 0. The monoisotopic (exact) mass is 427 g/mol. The van der Waals surface area contributed by atoms with Crippen LogP contribution in [0.25, 0.3) is 5.82 Å². The van der Waals surface area contributed by atoms with Crippen LogP contribution >= 0.6 is 0 Å². The second kappa shape index (κ2) is 8.89. The first-order valence-corrected chi connectivity index (χ1v) is 10.2. The fourth-order valence-corrected chi connectivity index (χ4v) is 3.08. The zero-order valence-electron chi connectivity index (χ0n) is 18.2. The van der Waals surface area contributed by atoms with Crippen LogP contribution in [0.15, 0.2) is 79.6 Å². The van der Waals surface area contributed by atoms with E-state index in [4.69, 9.17) is 0 Å². The van der Waals surface area contributed by atoms with Crippen LogP contribution in [0.2, 0.25) is 0 Å². The zero-order valence-corrected chi connectivity index (χ0v) is 18.2. The highest BCUT2D eigenvalue weighted by molar-refractivity contribution is 5.99. The molecule has 0 spiro atoms. The molecular formula is C24H25N7O. The summed E-state index contributed by atoms with van der Waals surface area (Å²) in [5.41, 5.74) is 3.55. The second-order valence-corrected chi connectivity index (χ2v) is 8.34. The first-order chi connectivity index (χ1) is 15.4. The Hall–Kier alpha value is -4.20. The van der Waals surface area contributed by atoms with Gasteiger partial charge in [-0.1, -0.05) is 32.9 Å². The van der Waals surface area contributed by atoms with Gasteiger partial charge in [-0.25, -0.2) is 19.7 Å². The number of urea groups is 1. The molecule has 0 aliphatic rings. The van der Waals surface area contributed by atoms with E-state index in [1.165, 1.54) is 11.9 Å². The summed E-state index contributed by atoms with van der Waals surface area (Å²) < 4.78 is 1.80. The highest BCUT2D eigenvalue weighted by Crippen LogP contribution is 2.24. The molecule has 0 aliphatic heterocycles. The van der Waals surface area contributed by atoms with Crippen molar-refractivity contribution in [3.05, 3.63) is 85.2 Å². The Morgan fingerprint density at radius 3 is 2.09 bits per heavy atom. The number of hydrogen-bond donors (Lipinski definition) is 3. The molecule has 0 saturated carbocycles. The molecule has 162 valence electrons. The molecule has 2 aromatic heterocycles. The van der Waals surface area contributed by atoms with Crippen LogP contribution < -0.4 is 16.0 Å². The molecule has 2 amide bonds. The number of hydrogen-bond acceptors (Lipinski definition) is 5. The number of imidazole rings is 1. The van der Waals surface area contributed by atoms with Crippen molar-refractivity contribution in [3.8, 4) is 5.82 Å². The summed E-state index contributed by atoms with van der Waals surface area (Å²) in [5, 5.41) is 8.92. The van der Waals surface area contributed by atoms with Gasteiger partial charge < -0.3 is 16.0 Å². The average molecular weight is 428 g/mol. The van der Waals surface area contributed by atoms with Gasteiger partial charge in [0.15, 0.2) is 0 Å². The van der Waals surface area contributed by atoms with E-state index in [1.807, 2.05) is 60.8 Å². The van der Waals surface area contributed by atoms with Crippen molar-refractivity contribution < 1.29 is 4.79 Å². The Morgan fingerprint density at radius 1 is 0.875 bits per heavy atom. The molecule has 0 atom stereocenters. The molecule has 3 N–H and O–H groups in total. The van der Waals surface area contributed by atoms with E-state index < -0.39 is 0 Å². The molecule has 4 aromatic rings. The number of nitrogens with one attached hydrogen (secondary N) is 3. The topological polar surface area (TPSA) is 96.8 Å². The number of rotatable bonds is 5. The molecule has 0 saturated heterocycles. The lowest BCUT2D eigenvalue weighted by Gasteiger charge is -2.19. The molecule has 0 fully saturated rings. The third kappa shape index (κ3) is 5.28. The van der Waals surface area contributed by atoms with Crippen LogP contribution in [-0.4, -0.2) is 25.6 Å². The maximum Gasteiger partial charge on any atom is 0.323 e. The number of amides is 2. The zero-order chi connectivity index (χ0) is 22.6. The van der Waals surface area contributed by atoms with Gasteiger partial charge in [-0.2, -0.15) is 0 Å². The predicted molar refractivity (Wildman–Crippen MR) is 127 cm³/mol. The maximum atomic E-state index is 12.3. The molecule has 2 heterocycles. The lowest BCUT2D eigenvalue weighted by Crippen LogP contribution is -2.19. The van der Waals surface area contributed by atoms with Crippen molar-refractivity contribution in [1.82, 2.24) is 19.5 Å². The van der Waals surface area contributed by atoms with E-state index in [0.29, 0.717) is 17.3 Å². The van der Waals surface area contributed by atoms with Gasteiger partial charge in [-0.15, -0.1) is 0 Å². The van der Waals surface area contributed by atoms with Crippen LogP contribution in [0.4, 0.5) is 27.7 Å². The van der Waals surface area contributed by atoms with Gasteiger partial charge >= 0.3 is 6.03 Å². The minimum Gasteiger partial charge on any atom is -0.340 e.